The molecule has 5 nitrogen and oxygen atoms in total. The van der Waals surface area contributed by atoms with E-state index in [9.17, 15) is 4.79 Å². The number of hydrogen-bond acceptors (Lipinski definition) is 4. The molecule has 1 amide bonds. The van der Waals surface area contributed by atoms with E-state index in [1.165, 1.54) is 0 Å². The molecule has 3 unspecified atom stereocenters. The molecule has 0 aromatic rings. The summed E-state index contributed by atoms with van der Waals surface area (Å²) in [6.45, 7) is 9.62. The Kier molecular flexibility index (Phi) is 5.13. The predicted octanol–water partition coefficient (Wildman–Crippen LogP) is -0.278. The second-order valence-electron chi connectivity index (χ2n) is 5.93. The zero-order chi connectivity index (χ0) is 13.9. The molecule has 0 aromatic heterocycles. The third-order valence-corrected chi connectivity index (χ3v) is 3.96. The normalized spacial score (nSPS) is 28.6. The Balaban J connectivity index is 2.65. The number of carbonyl (C=O) groups excluding carboxylic acids is 1. The Labute approximate surface area is 111 Å². The number of nitrogens with two attached hydrogens (primary N) is 1. The molecule has 1 aliphatic heterocycles. The van der Waals surface area contributed by atoms with Gasteiger partial charge in [0.25, 0.3) is 0 Å². The van der Waals surface area contributed by atoms with Gasteiger partial charge in [0.05, 0.1) is 0 Å². The molecule has 18 heavy (non-hydrogen) atoms. The first-order valence-corrected chi connectivity index (χ1v) is 6.74. The number of nitrogens with zero attached hydrogens (tertiary/aromatic N) is 2. The van der Waals surface area contributed by atoms with Crippen molar-refractivity contribution in [1.29, 1.82) is 0 Å². The Bertz CT molecular complexity index is 295. The molecule has 1 aliphatic rings. The van der Waals surface area contributed by atoms with Crippen molar-refractivity contribution >= 4 is 5.91 Å². The number of amides is 1. The van der Waals surface area contributed by atoms with Crippen LogP contribution in [0, 0.1) is 5.92 Å². The lowest BCUT2D eigenvalue weighted by molar-refractivity contribution is -0.124. The van der Waals surface area contributed by atoms with Crippen LogP contribution in [-0.4, -0.2) is 67.6 Å². The highest BCUT2D eigenvalue weighted by Gasteiger charge is 2.37. The highest BCUT2D eigenvalue weighted by atomic mass is 16.1. The van der Waals surface area contributed by atoms with Crippen LogP contribution in [0.5, 0.6) is 0 Å². The largest absolute Gasteiger partial charge is 0.368 e. The van der Waals surface area contributed by atoms with E-state index in [0.29, 0.717) is 18.5 Å². The summed E-state index contributed by atoms with van der Waals surface area (Å²) in [7, 11) is 4.23. The summed E-state index contributed by atoms with van der Waals surface area (Å²) >= 11 is 0. The average Bonchev–Trinajstić information content (AvgIpc) is 2.59. The lowest BCUT2D eigenvalue weighted by Crippen LogP contribution is -2.59. The lowest BCUT2D eigenvalue weighted by atomic mass is 10.0. The first-order valence-electron chi connectivity index (χ1n) is 6.74. The van der Waals surface area contributed by atoms with Crippen LogP contribution in [-0.2, 0) is 4.79 Å². The maximum atomic E-state index is 11.6. The molecule has 0 bridgehead atoms. The number of nitrogens with one attached hydrogen (secondary N) is 1. The van der Waals surface area contributed by atoms with Gasteiger partial charge in [-0.1, -0.05) is 13.8 Å². The number of hydrogen-bond donors (Lipinski definition) is 2. The molecular formula is C13H28N4O. The minimum atomic E-state index is -0.629. The van der Waals surface area contributed by atoms with Gasteiger partial charge in [0, 0.05) is 25.7 Å². The minimum Gasteiger partial charge on any atom is -0.368 e. The van der Waals surface area contributed by atoms with Crippen LogP contribution < -0.4 is 11.1 Å². The maximum absolute atomic E-state index is 11.6. The van der Waals surface area contributed by atoms with Crippen molar-refractivity contribution in [3.63, 3.8) is 0 Å². The summed E-state index contributed by atoms with van der Waals surface area (Å²) in [5.74, 6) is 0.351. The molecule has 0 aromatic carbocycles. The van der Waals surface area contributed by atoms with Crippen LogP contribution in [0.15, 0.2) is 0 Å². The Hall–Kier alpha value is -0.650. The van der Waals surface area contributed by atoms with Gasteiger partial charge >= 0.3 is 0 Å². The molecule has 0 radical (unpaired) electrons. The third-order valence-electron chi connectivity index (χ3n) is 3.96. The molecule has 106 valence electrons. The number of likely N-dealkylation sites (tertiary alicyclic amines) is 1. The van der Waals surface area contributed by atoms with Crippen LogP contribution in [0.2, 0.25) is 0 Å². The molecule has 1 saturated heterocycles. The average molecular weight is 256 g/mol. The van der Waals surface area contributed by atoms with Crippen molar-refractivity contribution in [2.24, 2.45) is 11.7 Å². The van der Waals surface area contributed by atoms with Crippen molar-refractivity contribution in [3.05, 3.63) is 0 Å². The van der Waals surface area contributed by atoms with Gasteiger partial charge in [-0.3, -0.25) is 9.69 Å². The Morgan fingerprint density at radius 2 is 2.11 bits per heavy atom. The minimum absolute atomic E-state index is 0.273. The van der Waals surface area contributed by atoms with Gasteiger partial charge in [0.2, 0.25) is 5.91 Å². The predicted molar refractivity (Wildman–Crippen MR) is 74.4 cm³/mol. The number of primary amides is 1. The summed E-state index contributed by atoms with van der Waals surface area (Å²) < 4.78 is 0. The van der Waals surface area contributed by atoms with Gasteiger partial charge in [0.1, 0.15) is 5.54 Å². The van der Waals surface area contributed by atoms with Gasteiger partial charge < -0.3 is 16.0 Å². The first kappa shape index (κ1) is 15.4. The van der Waals surface area contributed by atoms with E-state index in [4.69, 9.17) is 5.73 Å². The van der Waals surface area contributed by atoms with Crippen LogP contribution >= 0.6 is 0 Å². The maximum Gasteiger partial charge on any atom is 0.238 e. The summed E-state index contributed by atoms with van der Waals surface area (Å²) in [5, 5.41) is 3.21. The van der Waals surface area contributed by atoms with Gasteiger partial charge in [-0.15, -0.1) is 0 Å². The first-order chi connectivity index (χ1) is 8.30. The molecule has 1 heterocycles. The highest BCUT2D eigenvalue weighted by molar-refractivity contribution is 5.84. The fourth-order valence-corrected chi connectivity index (χ4v) is 2.91. The van der Waals surface area contributed by atoms with Crippen LogP contribution in [0.1, 0.15) is 20.8 Å². The zero-order valence-corrected chi connectivity index (χ0v) is 12.4. The fourth-order valence-electron chi connectivity index (χ4n) is 2.91. The molecule has 1 rings (SSSR count). The molecule has 1 fully saturated rings. The molecule has 0 spiro atoms. The van der Waals surface area contributed by atoms with E-state index in [-0.39, 0.29) is 5.91 Å². The number of rotatable bonds is 6. The molecule has 5 heteroatoms. The SMILES string of the molecule is CCNC(C)(CN1CC(C)C(N(C)C)C1)C(N)=O. The summed E-state index contributed by atoms with van der Waals surface area (Å²) in [6.07, 6.45) is 0. The van der Waals surface area contributed by atoms with Gasteiger partial charge in [-0.25, -0.2) is 0 Å². The van der Waals surface area contributed by atoms with Gasteiger partial charge in [-0.2, -0.15) is 0 Å². The topological polar surface area (TPSA) is 61.6 Å². The van der Waals surface area contributed by atoms with Crippen LogP contribution in [0.3, 0.4) is 0 Å². The Morgan fingerprint density at radius 3 is 2.50 bits per heavy atom. The molecule has 0 aliphatic carbocycles. The van der Waals surface area contributed by atoms with Crippen LogP contribution in [0.4, 0.5) is 0 Å². The van der Waals surface area contributed by atoms with E-state index in [1.54, 1.807) is 0 Å². The summed E-state index contributed by atoms with van der Waals surface area (Å²) in [6, 6.07) is 0.559. The molecule has 3 N–H and O–H groups in total. The van der Waals surface area contributed by atoms with E-state index in [1.807, 2.05) is 13.8 Å². The number of likely N-dealkylation sites (N-methyl/N-ethyl adjacent to an activating group) is 2. The van der Waals surface area contributed by atoms with E-state index in [0.717, 1.165) is 19.6 Å². The van der Waals surface area contributed by atoms with Gasteiger partial charge in [0.15, 0.2) is 0 Å². The van der Waals surface area contributed by atoms with Crippen LogP contribution in [0.25, 0.3) is 0 Å². The van der Waals surface area contributed by atoms with Crippen molar-refractivity contribution in [2.75, 3.05) is 40.3 Å². The summed E-state index contributed by atoms with van der Waals surface area (Å²) in [5.41, 5.74) is 4.90. The van der Waals surface area contributed by atoms with Gasteiger partial charge in [-0.05, 0) is 33.5 Å². The molecule has 3 atom stereocenters. The van der Waals surface area contributed by atoms with Crippen molar-refractivity contribution in [2.45, 2.75) is 32.4 Å². The van der Waals surface area contributed by atoms with E-state index < -0.39 is 5.54 Å². The fraction of sp³-hybridized carbons (Fsp3) is 0.923. The van der Waals surface area contributed by atoms with E-state index in [2.05, 4.69) is 36.1 Å². The smallest absolute Gasteiger partial charge is 0.238 e. The quantitative estimate of drug-likeness (QED) is 0.686. The summed E-state index contributed by atoms with van der Waals surface area (Å²) in [4.78, 5) is 16.2. The van der Waals surface area contributed by atoms with Crippen molar-refractivity contribution in [1.82, 2.24) is 15.1 Å². The van der Waals surface area contributed by atoms with Crippen molar-refractivity contribution < 1.29 is 4.79 Å². The molecular weight excluding hydrogens is 228 g/mol. The molecule has 0 saturated carbocycles. The second kappa shape index (κ2) is 5.99. The third kappa shape index (κ3) is 3.43. The Morgan fingerprint density at radius 1 is 1.50 bits per heavy atom. The standard InChI is InChI=1S/C13H28N4O/c1-6-15-13(3,12(14)18)9-17-7-10(2)11(8-17)16(4)5/h10-11,15H,6-9H2,1-5H3,(H2,14,18). The number of carbonyl (C=O) groups is 1. The second-order valence-corrected chi connectivity index (χ2v) is 5.93. The zero-order valence-electron chi connectivity index (χ0n) is 12.4. The van der Waals surface area contributed by atoms with E-state index >= 15 is 0 Å². The van der Waals surface area contributed by atoms with Crippen molar-refractivity contribution in [3.8, 4) is 0 Å². The monoisotopic (exact) mass is 256 g/mol. The lowest BCUT2D eigenvalue weighted by Gasteiger charge is -2.32. The highest BCUT2D eigenvalue weighted by Crippen LogP contribution is 2.21.